The monoisotopic (exact) mass is 326 g/mol. The first-order valence-electron chi connectivity index (χ1n) is 7.44. The highest BCUT2D eigenvalue weighted by molar-refractivity contribution is 5.85. The summed E-state index contributed by atoms with van der Waals surface area (Å²) in [5.74, 6) is 1.47. The van der Waals surface area contributed by atoms with Crippen molar-refractivity contribution < 1.29 is 14.3 Å². The van der Waals surface area contributed by atoms with E-state index in [2.05, 4.69) is 11.0 Å². The van der Waals surface area contributed by atoms with Crippen molar-refractivity contribution >= 4 is 18.3 Å². The van der Waals surface area contributed by atoms with Gasteiger partial charge in [-0.1, -0.05) is 0 Å². The van der Waals surface area contributed by atoms with E-state index in [1.54, 1.807) is 14.2 Å². The van der Waals surface area contributed by atoms with E-state index in [1.165, 1.54) is 16.7 Å². The van der Waals surface area contributed by atoms with Gasteiger partial charge in [0.05, 0.1) is 14.2 Å². The van der Waals surface area contributed by atoms with Gasteiger partial charge < -0.3 is 15.2 Å². The number of carbonyl (C=O) groups excluding carboxylic acids is 1. The number of primary amides is 1. The summed E-state index contributed by atoms with van der Waals surface area (Å²) in [4.78, 5) is 13.4. The second-order valence-electron chi connectivity index (χ2n) is 5.72. The smallest absolute Gasteiger partial charge is 0.218 e. The lowest BCUT2D eigenvalue weighted by molar-refractivity contribution is -0.118. The van der Waals surface area contributed by atoms with Crippen LogP contribution >= 0.6 is 12.4 Å². The molecule has 0 fully saturated rings. The molecule has 3 rings (SSSR count). The molecule has 1 aliphatic carbocycles. The number of halogens is 1. The molecule has 0 aromatic heterocycles. The van der Waals surface area contributed by atoms with E-state index in [4.69, 9.17) is 15.2 Å². The van der Waals surface area contributed by atoms with Crippen molar-refractivity contribution in [2.75, 3.05) is 27.3 Å². The fourth-order valence-electron chi connectivity index (χ4n) is 3.74. The number of amides is 1. The summed E-state index contributed by atoms with van der Waals surface area (Å²) in [5.41, 5.74) is 9.32. The SMILES string of the molecule is COc1cc2c3c(c1OC)CCC3N(CCC(N)=O)CC2.Cl. The molecule has 122 valence electrons. The fourth-order valence-corrected chi connectivity index (χ4v) is 3.74. The van der Waals surface area contributed by atoms with Crippen molar-refractivity contribution in [3.05, 3.63) is 22.8 Å². The van der Waals surface area contributed by atoms with Gasteiger partial charge >= 0.3 is 0 Å². The van der Waals surface area contributed by atoms with Crippen LogP contribution in [-0.4, -0.2) is 38.1 Å². The lowest BCUT2D eigenvalue weighted by atomic mass is 9.92. The van der Waals surface area contributed by atoms with Crippen molar-refractivity contribution in [2.24, 2.45) is 5.73 Å². The Morgan fingerprint density at radius 3 is 2.77 bits per heavy atom. The standard InChI is InChI=1S/C16H22N2O3.ClH/c1-20-13-9-10-5-7-18(8-6-14(17)19)12-4-3-11(15(10)12)16(13)21-2;/h9,12H,3-8H2,1-2H3,(H2,17,19);1H. The zero-order valence-corrected chi connectivity index (χ0v) is 13.9. The maximum atomic E-state index is 11.0. The van der Waals surface area contributed by atoms with Gasteiger partial charge in [0.15, 0.2) is 11.5 Å². The molecule has 5 nitrogen and oxygen atoms in total. The molecule has 22 heavy (non-hydrogen) atoms. The Labute approximate surface area is 137 Å². The number of nitrogens with zero attached hydrogens (tertiary/aromatic N) is 1. The minimum atomic E-state index is -0.230. The fraction of sp³-hybridized carbons (Fsp3) is 0.562. The number of nitrogens with two attached hydrogens (primary N) is 1. The van der Waals surface area contributed by atoms with Crippen molar-refractivity contribution in [3.8, 4) is 11.5 Å². The summed E-state index contributed by atoms with van der Waals surface area (Å²) < 4.78 is 11.0. The lowest BCUT2D eigenvalue weighted by Gasteiger charge is -2.35. The second-order valence-corrected chi connectivity index (χ2v) is 5.72. The number of benzene rings is 1. The van der Waals surface area contributed by atoms with Crippen LogP contribution in [0.4, 0.5) is 0 Å². The van der Waals surface area contributed by atoms with Gasteiger partial charge in [-0.3, -0.25) is 9.69 Å². The largest absolute Gasteiger partial charge is 0.493 e. The van der Waals surface area contributed by atoms with Crippen LogP contribution < -0.4 is 15.2 Å². The van der Waals surface area contributed by atoms with Crippen LogP contribution in [0.25, 0.3) is 0 Å². The van der Waals surface area contributed by atoms with Gasteiger partial charge in [0.25, 0.3) is 0 Å². The average molecular weight is 327 g/mol. The van der Waals surface area contributed by atoms with Crippen molar-refractivity contribution in [3.63, 3.8) is 0 Å². The van der Waals surface area contributed by atoms with Crippen LogP contribution in [0.1, 0.15) is 35.6 Å². The van der Waals surface area contributed by atoms with Crippen LogP contribution in [0.3, 0.4) is 0 Å². The Balaban J connectivity index is 0.00000176. The number of hydrogen-bond donors (Lipinski definition) is 1. The molecule has 1 amide bonds. The normalized spacial score (nSPS) is 19.3. The first-order valence-corrected chi connectivity index (χ1v) is 7.44. The zero-order valence-electron chi connectivity index (χ0n) is 13.1. The van der Waals surface area contributed by atoms with Crippen LogP contribution in [0.2, 0.25) is 0 Å². The van der Waals surface area contributed by atoms with E-state index in [-0.39, 0.29) is 18.3 Å². The second kappa shape index (κ2) is 6.75. The summed E-state index contributed by atoms with van der Waals surface area (Å²) in [5, 5.41) is 0. The predicted molar refractivity (Wildman–Crippen MR) is 86.9 cm³/mol. The van der Waals surface area contributed by atoms with Crippen LogP contribution in [-0.2, 0) is 17.6 Å². The van der Waals surface area contributed by atoms with Gasteiger partial charge in [-0.2, -0.15) is 0 Å². The van der Waals surface area contributed by atoms with E-state index >= 15 is 0 Å². The van der Waals surface area contributed by atoms with E-state index in [1.807, 2.05) is 0 Å². The summed E-state index contributed by atoms with van der Waals surface area (Å²) >= 11 is 0. The van der Waals surface area contributed by atoms with E-state index in [0.29, 0.717) is 12.5 Å². The number of methoxy groups -OCH3 is 2. The van der Waals surface area contributed by atoms with Crippen LogP contribution in [0.15, 0.2) is 6.07 Å². The third kappa shape index (κ3) is 2.75. The summed E-state index contributed by atoms with van der Waals surface area (Å²) in [6.45, 7) is 1.72. The van der Waals surface area contributed by atoms with E-state index in [9.17, 15) is 4.79 Å². The minimum Gasteiger partial charge on any atom is -0.493 e. The molecule has 0 saturated heterocycles. The molecule has 1 aromatic rings. The molecule has 0 spiro atoms. The van der Waals surface area contributed by atoms with Crippen LogP contribution in [0, 0.1) is 0 Å². The molecule has 2 N–H and O–H groups in total. The van der Waals surface area contributed by atoms with Crippen LogP contribution in [0.5, 0.6) is 11.5 Å². The lowest BCUT2D eigenvalue weighted by Crippen LogP contribution is -2.36. The van der Waals surface area contributed by atoms with Crippen molar-refractivity contribution in [1.82, 2.24) is 4.90 Å². The van der Waals surface area contributed by atoms with Crippen molar-refractivity contribution in [1.29, 1.82) is 0 Å². The van der Waals surface area contributed by atoms with E-state index < -0.39 is 0 Å². The number of ether oxygens (including phenoxy) is 2. The Morgan fingerprint density at radius 2 is 2.14 bits per heavy atom. The number of rotatable bonds is 5. The minimum absolute atomic E-state index is 0. The van der Waals surface area contributed by atoms with Gasteiger partial charge in [0.2, 0.25) is 5.91 Å². The predicted octanol–water partition coefficient (Wildman–Crippen LogP) is 1.85. The van der Waals surface area contributed by atoms with Gasteiger partial charge in [-0.15, -0.1) is 12.4 Å². The third-order valence-corrected chi connectivity index (χ3v) is 4.65. The highest BCUT2D eigenvalue weighted by Gasteiger charge is 2.36. The highest BCUT2D eigenvalue weighted by atomic mass is 35.5. The molecule has 1 heterocycles. The Morgan fingerprint density at radius 1 is 1.36 bits per heavy atom. The third-order valence-electron chi connectivity index (χ3n) is 4.65. The molecule has 1 aromatic carbocycles. The summed E-state index contributed by atoms with van der Waals surface area (Å²) in [7, 11) is 3.38. The van der Waals surface area contributed by atoms with Gasteiger partial charge in [-0.25, -0.2) is 0 Å². The maximum Gasteiger partial charge on any atom is 0.218 e. The van der Waals surface area contributed by atoms with Gasteiger partial charge in [0, 0.05) is 31.1 Å². The topological polar surface area (TPSA) is 64.8 Å². The maximum absolute atomic E-state index is 11.0. The first-order chi connectivity index (χ1) is 10.2. The number of hydrogen-bond acceptors (Lipinski definition) is 4. The van der Waals surface area contributed by atoms with Gasteiger partial charge in [0.1, 0.15) is 0 Å². The number of carbonyl (C=O) groups is 1. The quantitative estimate of drug-likeness (QED) is 0.897. The Kier molecular flexibility index (Phi) is 5.19. The molecule has 1 aliphatic heterocycles. The van der Waals surface area contributed by atoms with E-state index in [0.717, 1.165) is 43.9 Å². The molecule has 0 radical (unpaired) electrons. The highest BCUT2D eigenvalue weighted by Crippen LogP contribution is 2.48. The summed E-state index contributed by atoms with van der Waals surface area (Å²) in [6, 6.07) is 2.50. The Hall–Kier alpha value is -1.46. The molecular weight excluding hydrogens is 304 g/mol. The molecular formula is C16H23ClN2O3. The zero-order chi connectivity index (χ0) is 15.0. The summed E-state index contributed by atoms with van der Waals surface area (Å²) in [6.07, 6.45) is 3.48. The van der Waals surface area contributed by atoms with Crippen molar-refractivity contribution in [2.45, 2.75) is 31.7 Å². The van der Waals surface area contributed by atoms with Gasteiger partial charge in [-0.05, 0) is 36.5 Å². The molecule has 6 heteroatoms. The molecule has 1 unspecified atom stereocenters. The average Bonchev–Trinajstić information content (AvgIpc) is 2.92. The molecule has 0 saturated carbocycles. The molecule has 0 bridgehead atoms. The Bertz CT molecular complexity index is 577. The molecule has 2 aliphatic rings. The molecule has 1 atom stereocenters. The first kappa shape index (κ1) is 16.9.